The second kappa shape index (κ2) is 8.37. The molecule has 2 fully saturated rings. The van der Waals surface area contributed by atoms with E-state index in [0.717, 1.165) is 36.6 Å². The number of nitrogens with zero attached hydrogens (tertiary/aromatic N) is 1. The van der Waals surface area contributed by atoms with Gasteiger partial charge in [-0.05, 0) is 42.9 Å². The number of hydrogen-bond acceptors (Lipinski definition) is 2. The average molecular weight is 343 g/mol. The zero-order chi connectivity index (χ0) is 17.6. The van der Waals surface area contributed by atoms with Gasteiger partial charge in [0.15, 0.2) is 0 Å². The Morgan fingerprint density at radius 3 is 2.48 bits per heavy atom. The Balaban J connectivity index is 1.48. The molecule has 0 aromatic heterocycles. The highest BCUT2D eigenvalue weighted by Crippen LogP contribution is 2.33. The quantitative estimate of drug-likeness (QED) is 0.852. The zero-order valence-corrected chi connectivity index (χ0v) is 15.1. The molecule has 1 unspecified atom stereocenters. The minimum Gasteiger partial charge on any atom is -0.334 e. The molecular weight excluding hydrogens is 314 g/mol. The van der Waals surface area contributed by atoms with Crippen molar-refractivity contribution in [3.05, 3.63) is 29.8 Å². The van der Waals surface area contributed by atoms with E-state index in [2.05, 4.69) is 10.6 Å². The van der Waals surface area contributed by atoms with Gasteiger partial charge in [0.25, 0.3) is 0 Å². The van der Waals surface area contributed by atoms with Crippen molar-refractivity contribution in [1.29, 1.82) is 0 Å². The molecule has 1 heterocycles. The number of benzene rings is 1. The van der Waals surface area contributed by atoms with E-state index < -0.39 is 0 Å². The van der Waals surface area contributed by atoms with Crippen molar-refractivity contribution in [2.75, 3.05) is 11.9 Å². The molecule has 5 heteroatoms. The van der Waals surface area contributed by atoms with Crippen LogP contribution in [0.2, 0.25) is 0 Å². The van der Waals surface area contributed by atoms with E-state index in [0.29, 0.717) is 12.6 Å². The van der Waals surface area contributed by atoms with Crippen LogP contribution in [0.15, 0.2) is 24.3 Å². The summed E-state index contributed by atoms with van der Waals surface area (Å²) in [7, 11) is 0. The fourth-order valence-electron chi connectivity index (χ4n) is 4.17. The van der Waals surface area contributed by atoms with Gasteiger partial charge < -0.3 is 15.5 Å². The fourth-order valence-corrected chi connectivity index (χ4v) is 4.17. The number of carbonyl (C=O) groups excluding carboxylic acids is 2. The van der Waals surface area contributed by atoms with E-state index >= 15 is 0 Å². The van der Waals surface area contributed by atoms with Crippen molar-refractivity contribution in [2.24, 2.45) is 5.92 Å². The molecule has 0 bridgehead atoms. The molecule has 1 saturated carbocycles. The molecule has 5 nitrogen and oxygen atoms in total. The lowest BCUT2D eigenvalue weighted by Crippen LogP contribution is -2.43. The van der Waals surface area contributed by atoms with Crippen LogP contribution in [0.4, 0.5) is 10.5 Å². The molecule has 25 heavy (non-hydrogen) atoms. The molecule has 0 radical (unpaired) electrons. The maximum atomic E-state index is 12.6. The van der Waals surface area contributed by atoms with Crippen LogP contribution in [0.5, 0.6) is 0 Å². The van der Waals surface area contributed by atoms with E-state index in [9.17, 15) is 9.59 Å². The molecule has 3 amide bonds. The van der Waals surface area contributed by atoms with Crippen LogP contribution in [0.25, 0.3) is 0 Å². The zero-order valence-electron chi connectivity index (χ0n) is 15.1. The number of hydrogen-bond donors (Lipinski definition) is 2. The average Bonchev–Trinajstić information content (AvgIpc) is 3.26. The predicted octanol–water partition coefficient (Wildman–Crippen LogP) is 3.90. The predicted molar refractivity (Wildman–Crippen MR) is 99.3 cm³/mol. The Kier molecular flexibility index (Phi) is 5.95. The van der Waals surface area contributed by atoms with Crippen LogP contribution >= 0.6 is 0 Å². The van der Waals surface area contributed by atoms with Crippen LogP contribution in [0.1, 0.15) is 57.4 Å². The number of urea groups is 1. The Labute approximate surface area is 150 Å². The molecule has 2 aliphatic rings. The minimum atomic E-state index is -0.0802. The molecular formula is C20H29N3O2. The van der Waals surface area contributed by atoms with Crippen LogP contribution in [-0.4, -0.2) is 29.4 Å². The van der Waals surface area contributed by atoms with E-state index in [1.54, 1.807) is 0 Å². The highest BCUT2D eigenvalue weighted by atomic mass is 16.2. The summed E-state index contributed by atoms with van der Waals surface area (Å²) in [5.74, 6) is 0.739. The summed E-state index contributed by atoms with van der Waals surface area (Å²) < 4.78 is 0. The number of rotatable bonds is 5. The summed E-state index contributed by atoms with van der Waals surface area (Å²) in [6.45, 7) is 2.89. The largest absolute Gasteiger partial charge is 0.334 e. The lowest BCUT2D eigenvalue weighted by atomic mass is 9.97. The second-order valence-electron chi connectivity index (χ2n) is 7.41. The van der Waals surface area contributed by atoms with Gasteiger partial charge in [-0.1, -0.05) is 37.8 Å². The molecule has 3 rings (SSSR count). The SMILES string of the molecule is CC(=O)Nc1ccc(CNC(=O)N2CCCC2CC2CCCC2)cc1. The first kappa shape index (κ1) is 17.8. The van der Waals surface area contributed by atoms with Crippen molar-refractivity contribution >= 4 is 17.6 Å². The molecule has 1 aliphatic carbocycles. The summed E-state index contributed by atoms with van der Waals surface area (Å²) >= 11 is 0. The highest BCUT2D eigenvalue weighted by Gasteiger charge is 2.31. The molecule has 2 N–H and O–H groups in total. The van der Waals surface area contributed by atoms with Crippen molar-refractivity contribution in [3.63, 3.8) is 0 Å². The minimum absolute atomic E-state index is 0.0615. The van der Waals surface area contributed by atoms with Crippen molar-refractivity contribution in [1.82, 2.24) is 10.2 Å². The number of amides is 3. The Bertz CT molecular complexity index is 593. The smallest absolute Gasteiger partial charge is 0.317 e. The maximum Gasteiger partial charge on any atom is 0.317 e. The number of likely N-dealkylation sites (tertiary alicyclic amines) is 1. The Morgan fingerprint density at radius 2 is 1.80 bits per heavy atom. The van der Waals surface area contributed by atoms with E-state index in [-0.39, 0.29) is 11.9 Å². The third-order valence-corrected chi connectivity index (χ3v) is 5.44. The first-order valence-electron chi connectivity index (χ1n) is 9.53. The number of anilines is 1. The topological polar surface area (TPSA) is 61.4 Å². The van der Waals surface area contributed by atoms with Crippen molar-refractivity contribution < 1.29 is 9.59 Å². The van der Waals surface area contributed by atoms with Gasteiger partial charge in [0, 0.05) is 31.7 Å². The van der Waals surface area contributed by atoms with E-state index in [1.807, 2.05) is 29.2 Å². The third kappa shape index (κ3) is 4.97. The Morgan fingerprint density at radius 1 is 1.08 bits per heavy atom. The molecule has 1 aliphatic heterocycles. The first-order chi connectivity index (χ1) is 12.1. The molecule has 1 aromatic carbocycles. The monoisotopic (exact) mass is 343 g/mol. The fraction of sp³-hybridized carbons (Fsp3) is 0.600. The lowest BCUT2D eigenvalue weighted by molar-refractivity contribution is -0.114. The van der Waals surface area contributed by atoms with Crippen molar-refractivity contribution in [3.8, 4) is 0 Å². The van der Waals surface area contributed by atoms with Gasteiger partial charge in [-0.25, -0.2) is 4.79 Å². The van der Waals surface area contributed by atoms with Gasteiger partial charge in [-0.2, -0.15) is 0 Å². The van der Waals surface area contributed by atoms with Gasteiger partial charge in [0.05, 0.1) is 0 Å². The molecule has 1 saturated heterocycles. The van der Waals surface area contributed by atoms with E-state index in [1.165, 1.54) is 39.0 Å². The van der Waals surface area contributed by atoms with Crippen LogP contribution < -0.4 is 10.6 Å². The van der Waals surface area contributed by atoms with E-state index in [4.69, 9.17) is 0 Å². The normalized spacial score (nSPS) is 20.7. The Hall–Kier alpha value is -2.04. The number of nitrogens with one attached hydrogen (secondary N) is 2. The van der Waals surface area contributed by atoms with Crippen LogP contribution in [0, 0.1) is 5.92 Å². The van der Waals surface area contributed by atoms with Crippen molar-refractivity contribution in [2.45, 2.75) is 64.5 Å². The third-order valence-electron chi connectivity index (χ3n) is 5.44. The maximum absolute atomic E-state index is 12.6. The summed E-state index contributed by atoms with van der Waals surface area (Å²) in [6.07, 6.45) is 8.85. The highest BCUT2D eigenvalue weighted by molar-refractivity contribution is 5.88. The lowest BCUT2D eigenvalue weighted by Gasteiger charge is -2.27. The molecule has 0 spiro atoms. The summed E-state index contributed by atoms with van der Waals surface area (Å²) in [5.41, 5.74) is 1.81. The standard InChI is InChI=1S/C20H29N3O2/c1-15(24)22-18-10-8-17(9-11-18)14-21-20(25)23-12-4-7-19(23)13-16-5-2-3-6-16/h8-11,16,19H,2-7,12-14H2,1H3,(H,21,25)(H,22,24). The van der Waals surface area contributed by atoms with Crippen LogP contribution in [-0.2, 0) is 11.3 Å². The van der Waals surface area contributed by atoms with Crippen LogP contribution in [0.3, 0.4) is 0 Å². The van der Waals surface area contributed by atoms with Gasteiger partial charge in [0.1, 0.15) is 0 Å². The van der Waals surface area contributed by atoms with Gasteiger partial charge >= 0.3 is 6.03 Å². The second-order valence-corrected chi connectivity index (χ2v) is 7.41. The molecule has 136 valence electrons. The number of carbonyl (C=O) groups is 2. The summed E-state index contributed by atoms with van der Waals surface area (Å²) in [4.78, 5) is 25.7. The first-order valence-corrected chi connectivity index (χ1v) is 9.53. The molecule has 1 aromatic rings. The van der Waals surface area contributed by atoms with Gasteiger partial charge in [0.2, 0.25) is 5.91 Å². The summed E-state index contributed by atoms with van der Waals surface area (Å²) in [6, 6.07) is 8.08. The summed E-state index contributed by atoms with van der Waals surface area (Å²) in [5, 5.41) is 5.80. The van der Waals surface area contributed by atoms with Gasteiger partial charge in [-0.3, -0.25) is 4.79 Å². The molecule has 1 atom stereocenters. The van der Waals surface area contributed by atoms with Gasteiger partial charge in [-0.15, -0.1) is 0 Å².